The van der Waals surface area contributed by atoms with Crippen molar-refractivity contribution in [3.05, 3.63) is 63.0 Å². The molecule has 0 fully saturated rings. The van der Waals surface area contributed by atoms with E-state index in [1.165, 1.54) is 0 Å². The minimum Gasteiger partial charge on any atom is -0.310 e. The predicted molar refractivity (Wildman–Crippen MR) is 103 cm³/mol. The number of hydrogen-bond acceptors (Lipinski definition) is 4. The van der Waals surface area contributed by atoms with E-state index in [1.807, 2.05) is 51.1 Å². The molecule has 1 N–H and O–H groups in total. The maximum absolute atomic E-state index is 12.4. The van der Waals surface area contributed by atoms with Gasteiger partial charge in [-0.15, -0.1) is 0 Å². The quantitative estimate of drug-likeness (QED) is 0.695. The average Bonchev–Trinajstić information content (AvgIpc) is 2.90. The number of rotatable bonds is 2. The molecule has 3 aromatic rings. The monoisotopic (exact) mass is 411 g/mol. The Morgan fingerprint density at radius 3 is 2.54 bits per heavy atom. The van der Waals surface area contributed by atoms with Crippen molar-refractivity contribution < 1.29 is 4.79 Å². The van der Waals surface area contributed by atoms with Crippen molar-refractivity contribution in [2.24, 2.45) is 0 Å². The molecule has 0 saturated heterocycles. The van der Waals surface area contributed by atoms with Gasteiger partial charge >= 0.3 is 0 Å². The Labute approximate surface area is 159 Å². The lowest BCUT2D eigenvalue weighted by Crippen LogP contribution is -2.25. The van der Waals surface area contributed by atoms with Gasteiger partial charge in [-0.1, -0.05) is 34.1 Å². The summed E-state index contributed by atoms with van der Waals surface area (Å²) in [6.45, 7) is 5.80. The Balaban J connectivity index is 1.92. The van der Waals surface area contributed by atoms with E-state index in [-0.39, 0.29) is 11.8 Å². The summed E-state index contributed by atoms with van der Waals surface area (Å²) in [6.07, 6.45) is 0.385. The zero-order valence-electron chi connectivity index (χ0n) is 14.7. The number of anilines is 1. The van der Waals surface area contributed by atoms with Gasteiger partial charge in [-0.3, -0.25) is 4.79 Å². The van der Waals surface area contributed by atoms with Crippen LogP contribution in [0.4, 0.5) is 5.82 Å². The third kappa shape index (κ3) is 2.82. The number of benzene rings is 1. The van der Waals surface area contributed by atoms with E-state index in [9.17, 15) is 4.79 Å². The molecule has 7 heteroatoms. The van der Waals surface area contributed by atoms with Crippen LogP contribution in [-0.4, -0.2) is 25.7 Å². The van der Waals surface area contributed by atoms with Crippen LogP contribution in [0.3, 0.4) is 0 Å². The average molecular weight is 412 g/mol. The molecule has 1 amide bonds. The third-order valence-corrected chi connectivity index (χ3v) is 5.27. The lowest BCUT2D eigenvalue weighted by Gasteiger charge is -2.25. The number of nitrogens with one attached hydrogen (secondary N) is 1. The molecule has 4 rings (SSSR count). The Bertz CT molecular complexity index is 1010. The van der Waals surface area contributed by atoms with E-state index in [1.54, 1.807) is 4.68 Å². The molecule has 2 aromatic heterocycles. The fraction of sp³-hybridized carbons (Fsp3) is 0.263. The van der Waals surface area contributed by atoms with Gasteiger partial charge in [0.2, 0.25) is 5.91 Å². The molecular weight excluding hydrogens is 394 g/mol. The maximum atomic E-state index is 12.4. The molecule has 3 heterocycles. The first-order valence-electron chi connectivity index (χ1n) is 8.40. The topological polar surface area (TPSA) is 72.7 Å². The molecule has 0 aliphatic carbocycles. The number of aryl methyl sites for hydroxylation is 3. The number of carbonyl (C=O) groups is 1. The summed E-state index contributed by atoms with van der Waals surface area (Å²) in [5, 5.41) is 7.62. The number of aromatic nitrogens is 4. The lowest BCUT2D eigenvalue weighted by molar-refractivity contribution is -0.116. The molecule has 0 unspecified atom stereocenters. The van der Waals surface area contributed by atoms with Crippen molar-refractivity contribution in [1.29, 1.82) is 0 Å². The molecule has 1 aromatic carbocycles. The molecule has 0 bridgehead atoms. The smallest absolute Gasteiger partial charge is 0.252 e. The Hall–Kier alpha value is -2.54. The summed E-state index contributed by atoms with van der Waals surface area (Å²) < 4.78 is 2.63. The van der Waals surface area contributed by atoms with E-state index >= 15 is 0 Å². The normalized spacial score (nSPS) is 16.3. The number of carbonyl (C=O) groups excluding carboxylic acids is 1. The minimum atomic E-state index is -0.0611. The molecular formula is C19H18BrN5O. The van der Waals surface area contributed by atoms with Gasteiger partial charge in [0.25, 0.3) is 5.95 Å². The van der Waals surface area contributed by atoms with Crippen LogP contribution in [-0.2, 0) is 4.79 Å². The number of hydrogen-bond donors (Lipinski definition) is 1. The highest BCUT2D eigenvalue weighted by atomic mass is 79.9. The second-order valence-electron chi connectivity index (χ2n) is 6.54. The fourth-order valence-corrected chi connectivity index (χ4v) is 4.08. The Morgan fingerprint density at radius 1 is 1.15 bits per heavy atom. The molecule has 1 aliphatic heterocycles. The van der Waals surface area contributed by atoms with Crippen LogP contribution >= 0.6 is 15.9 Å². The molecule has 0 saturated carbocycles. The number of nitrogens with zero attached hydrogens (tertiary/aromatic N) is 4. The zero-order chi connectivity index (χ0) is 18.4. The summed E-state index contributed by atoms with van der Waals surface area (Å²) >= 11 is 3.62. The molecule has 26 heavy (non-hydrogen) atoms. The Morgan fingerprint density at radius 2 is 1.85 bits per heavy atom. The molecule has 0 spiro atoms. The highest BCUT2D eigenvalue weighted by Crippen LogP contribution is 2.42. The molecule has 1 aliphatic rings. The van der Waals surface area contributed by atoms with E-state index in [4.69, 9.17) is 0 Å². The summed E-state index contributed by atoms with van der Waals surface area (Å²) in [7, 11) is 0. The van der Waals surface area contributed by atoms with Gasteiger partial charge in [0.05, 0.1) is 5.69 Å². The van der Waals surface area contributed by atoms with Gasteiger partial charge in [-0.05, 0) is 38.5 Å². The van der Waals surface area contributed by atoms with Gasteiger partial charge in [-0.25, -0.2) is 9.97 Å². The summed E-state index contributed by atoms with van der Waals surface area (Å²) in [4.78, 5) is 21.4. The van der Waals surface area contributed by atoms with Crippen molar-refractivity contribution in [1.82, 2.24) is 19.7 Å². The maximum Gasteiger partial charge on any atom is 0.252 e. The van der Waals surface area contributed by atoms with Crippen molar-refractivity contribution in [2.45, 2.75) is 33.1 Å². The largest absolute Gasteiger partial charge is 0.310 e. The molecule has 6 nitrogen and oxygen atoms in total. The van der Waals surface area contributed by atoms with Crippen LogP contribution < -0.4 is 5.32 Å². The van der Waals surface area contributed by atoms with Crippen LogP contribution in [0.15, 0.2) is 34.8 Å². The van der Waals surface area contributed by atoms with Crippen LogP contribution in [0.1, 0.15) is 40.5 Å². The van der Waals surface area contributed by atoms with E-state index in [0.29, 0.717) is 18.2 Å². The first kappa shape index (κ1) is 16.9. The second kappa shape index (κ2) is 6.32. The van der Waals surface area contributed by atoms with E-state index in [0.717, 1.165) is 32.7 Å². The van der Waals surface area contributed by atoms with Gasteiger partial charge in [0, 0.05) is 33.8 Å². The predicted octanol–water partition coefficient (Wildman–Crippen LogP) is 3.82. The fourth-order valence-electron chi connectivity index (χ4n) is 3.52. The molecule has 0 radical (unpaired) electrons. The first-order chi connectivity index (χ1) is 12.4. The van der Waals surface area contributed by atoms with Crippen molar-refractivity contribution in [3.63, 3.8) is 0 Å². The highest BCUT2D eigenvalue weighted by Gasteiger charge is 2.34. The highest BCUT2D eigenvalue weighted by molar-refractivity contribution is 9.10. The zero-order valence-corrected chi connectivity index (χ0v) is 16.3. The molecule has 1 atom stereocenters. The number of halogens is 1. The number of amides is 1. The lowest BCUT2D eigenvalue weighted by atomic mass is 9.86. The van der Waals surface area contributed by atoms with Crippen LogP contribution in [0, 0.1) is 20.8 Å². The van der Waals surface area contributed by atoms with Crippen molar-refractivity contribution in [2.75, 3.05) is 5.32 Å². The van der Waals surface area contributed by atoms with Crippen molar-refractivity contribution >= 4 is 27.7 Å². The first-order valence-corrected chi connectivity index (χ1v) is 9.20. The Kier molecular flexibility index (Phi) is 4.11. The van der Waals surface area contributed by atoms with E-state index in [2.05, 4.69) is 36.3 Å². The van der Waals surface area contributed by atoms with Crippen LogP contribution in [0.25, 0.3) is 5.95 Å². The van der Waals surface area contributed by atoms with Crippen LogP contribution in [0.5, 0.6) is 0 Å². The second-order valence-corrected chi connectivity index (χ2v) is 7.39. The van der Waals surface area contributed by atoms with Gasteiger partial charge in [0.15, 0.2) is 0 Å². The van der Waals surface area contributed by atoms with Gasteiger partial charge in [0.1, 0.15) is 5.82 Å². The van der Waals surface area contributed by atoms with Gasteiger partial charge in [-0.2, -0.15) is 9.78 Å². The SMILES string of the molecule is Cc1cc(C)nc(-n2nc(C)c3c2NC(=O)C[C@@H]3c2ccccc2Br)n1. The van der Waals surface area contributed by atoms with Crippen LogP contribution in [0.2, 0.25) is 0 Å². The summed E-state index contributed by atoms with van der Waals surface area (Å²) in [5.41, 5.74) is 4.67. The minimum absolute atomic E-state index is 0.0382. The molecule has 132 valence electrons. The van der Waals surface area contributed by atoms with E-state index < -0.39 is 0 Å². The summed E-state index contributed by atoms with van der Waals surface area (Å²) in [5.74, 6) is 1.03. The standard InChI is InChI=1S/C19H18BrN5O/c1-10-8-11(2)22-19(21-10)25-18-17(12(3)24-25)14(9-16(26)23-18)13-6-4-5-7-15(13)20/h4-8,14H,9H2,1-3H3,(H,23,26)/t14-/m1/s1. The van der Waals surface area contributed by atoms with Crippen molar-refractivity contribution in [3.8, 4) is 5.95 Å². The van der Waals surface area contributed by atoms with Gasteiger partial charge < -0.3 is 5.32 Å². The third-order valence-electron chi connectivity index (χ3n) is 4.54. The summed E-state index contributed by atoms with van der Waals surface area (Å²) in [6, 6.07) is 9.90. The number of fused-ring (bicyclic) bond motifs is 1.